The minimum absolute atomic E-state index is 0.877. The second kappa shape index (κ2) is 4.36. The van der Waals surface area contributed by atoms with E-state index in [-0.39, 0.29) is 0 Å². The van der Waals surface area contributed by atoms with Crippen LogP contribution in [0.2, 0.25) is 0 Å². The number of fused-ring (bicyclic) bond motifs is 2. The molecule has 0 nitrogen and oxygen atoms in total. The van der Waals surface area contributed by atoms with Gasteiger partial charge in [-0.15, -0.1) is 8.58 Å². The third-order valence-corrected chi connectivity index (χ3v) is 7.70. The molecule has 2 aliphatic heterocycles. The SMILES string of the molecule is C1CCC(C23CCCC(CCC2)P3)CC1. The maximum Gasteiger partial charge on any atom is -0.00912 e. The van der Waals surface area contributed by atoms with Crippen LogP contribution < -0.4 is 0 Å². The van der Waals surface area contributed by atoms with E-state index >= 15 is 0 Å². The molecule has 3 aliphatic rings. The van der Waals surface area contributed by atoms with Gasteiger partial charge in [0.15, 0.2) is 0 Å². The second-order valence-electron chi connectivity index (χ2n) is 6.12. The van der Waals surface area contributed by atoms with Gasteiger partial charge in [-0.2, -0.15) is 0 Å². The third-order valence-electron chi connectivity index (χ3n) is 5.23. The molecule has 86 valence electrons. The zero-order valence-corrected chi connectivity index (χ0v) is 10.9. The highest BCUT2D eigenvalue weighted by Gasteiger charge is 2.44. The maximum atomic E-state index is 1.60. The first kappa shape index (κ1) is 10.6. The van der Waals surface area contributed by atoms with Crippen LogP contribution in [0.5, 0.6) is 0 Å². The van der Waals surface area contributed by atoms with E-state index in [1.54, 1.807) is 64.2 Å². The molecule has 1 aliphatic carbocycles. The molecule has 1 atom stereocenters. The second-order valence-corrected chi connectivity index (χ2v) is 8.22. The van der Waals surface area contributed by atoms with E-state index in [9.17, 15) is 0 Å². The lowest BCUT2D eigenvalue weighted by molar-refractivity contribution is 0.222. The molecule has 1 unspecified atom stereocenters. The van der Waals surface area contributed by atoms with E-state index in [1.807, 2.05) is 0 Å². The lowest BCUT2D eigenvalue weighted by Crippen LogP contribution is -2.41. The van der Waals surface area contributed by atoms with Crippen molar-refractivity contribution >= 4 is 8.58 Å². The van der Waals surface area contributed by atoms with Gasteiger partial charge in [0.25, 0.3) is 0 Å². The first-order valence-corrected chi connectivity index (χ1v) is 8.24. The average molecular weight is 224 g/mol. The van der Waals surface area contributed by atoms with Crippen molar-refractivity contribution in [2.75, 3.05) is 0 Å². The number of hydrogen-bond donors (Lipinski definition) is 0. The zero-order valence-electron chi connectivity index (χ0n) is 9.93. The normalized spacial score (nSPS) is 44.4. The van der Waals surface area contributed by atoms with Gasteiger partial charge in [0, 0.05) is 0 Å². The molecule has 0 aromatic heterocycles. The molecular weight excluding hydrogens is 199 g/mol. The summed E-state index contributed by atoms with van der Waals surface area (Å²) < 4.78 is 0. The van der Waals surface area contributed by atoms with Gasteiger partial charge in [-0.3, -0.25) is 0 Å². The summed E-state index contributed by atoms with van der Waals surface area (Å²) in [4.78, 5) is 0. The van der Waals surface area contributed by atoms with Crippen molar-refractivity contribution < 1.29 is 0 Å². The smallest absolute Gasteiger partial charge is 0.00912 e. The van der Waals surface area contributed by atoms with Crippen LogP contribution in [0.25, 0.3) is 0 Å². The summed E-state index contributed by atoms with van der Waals surface area (Å²) in [7, 11) is 1.35. The number of hydrogen-bond acceptors (Lipinski definition) is 0. The molecule has 3 fully saturated rings. The highest BCUT2D eigenvalue weighted by Crippen LogP contribution is 2.60. The predicted molar refractivity (Wildman–Crippen MR) is 69.1 cm³/mol. The Morgan fingerprint density at radius 2 is 1.40 bits per heavy atom. The highest BCUT2D eigenvalue weighted by atomic mass is 31.1. The highest BCUT2D eigenvalue weighted by molar-refractivity contribution is 7.41. The van der Waals surface area contributed by atoms with E-state index in [2.05, 4.69) is 0 Å². The van der Waals surface area contributed by atoms with E-state index in [1.165, 1.54) is 15.0 Å². The van der Waals surface area contributed by atoms with Crippen molar-refractivity contribution in [3.05, 3.63) is 0 Å². The van der Waals surface area contributed by atoms with Gasteiger partial charge in [-0.1, -0.05) is 32.1 Å². The van der Waals surface area contributed by atoms with Crippen LogP contribution in [0.3, 0.4) is 0 Å². The van der Waals surface area contributed by atoms with Crippen LogP contribution in [0.15, 0.2) is 0 Å². The average Bonchev–Trinajstić information content (AvgIpc) is 2.30. The van der Waals surface area contributed by atoms with Crippen molar-refractivity contribution in [1.82, 2.24) is 0 Å². The molecule has 0 aromatic rings. The van der Waals surface area contributed by atoms with Crippen molar-refractivity contribution in [3.8, 4) is 0 Å². The van der Waals surface area contributed by atoms with Crippen LogP contribution in [-0.2, 0) is 0 Å². The molecule has 0 aromatic carbocycles. The van der Waals surface area contributed by atoms with Crippen LogP contribution >= 0.6 is 8.58 Å². The standard InChI is InChI=1S/C14H25P/c1-2-6-12(7-3-1)14-10-4-8-13(15-14)9-5-11-14/h12-13,15H,1-11H2. The molecular formula is C14H25P. The monoisotopic (exact) mass is 224 g/mol. The Bertz CT molecular complexity index is 207. The van der Waals surface area contributed by atoms with Gasteiger partial charge < -0.3 is 0 Å². The molecule has 0 spiro atoms. The van der Waals surface area contributed by atoms with Gasteiger partial charge in [0.05, 0.1) is 0 Å². The Hall–Kier alpha value is 0.430. The van der Waals surface area contributed by atoms with Crippen molar-refractivity contribution in [1.29, 1.82) is 0 Å². The number of rotatable bonds is 1. The Morgan fingerprint density at radius 3 is 2.07 bits per heavy atom. The summed E-state index contributed by atoms with van der Waals surface area (Å²) in [6.45, 7) is 0. The summed E-state index contributed by atoms with van der Waals surface area (Å²) in [5.74, 6) is 1.15. The Kier molecular flexibility index (Phi) is 3.07. The zero-order chi connectivity index (χ0) is 10.1. The molecule has 0 N–H and O–H groups in total. The topological polar surface area (TPSA) is 0 Å². The predicted octanol–water partition coefficient (Wildman–Crippen LogP) is 4.72. The summed E-state index contributed by atoms with van der Waals surface area (Å²) in [5.41, 5.74) is 1.16. The molecule has 15 heavy (non-hydrogen) atoms. The first-order chi connectivity index (χ1) is 7.39. The van der Waals surface area contributed by atoms with Crippen molar-refractivity contribution in [3.63, 3.8) is 0 Å². The Labute approximate surface area is 96.4 Å². The fraction of sp³-hybridized carbons (Fsp3) is 1.00. The van der Waals surface area contributed by atoms with E-state index in [0.717, 1.165) is 16.7 Å². The summed E-state index contributed by atoms with van der Waals surface area (Å²) in [6, 6.07) is 0. The van der Waals surface area contributed by atoms with Crippen molar-refractivity contribution in [2.45, 2.75) is 81.4 Å². The van der Waals surface area contributed by atoms with Crippen LogP contribution in [0.1, 0.15) is 70.6 Å². The summed E-state index contributed by atoms with van der Waals surface area (Å²) >= 11 is 0. The van der Waals surface area contributed by atoms with Gasteiger partial charge in [-0.05, 0) is 55.3 Å². The quantitative estimate of drug-likeness (QED) is 0.565. The van der Waals surface area contributed by atoms with Gasteiger partial charge in [0.1, 0.15) is 0 Å². The lowest BCUT2D eigenvalue weighted by atomic mass is 9.73. The minimum atomic E-state index is 0.877. The van der Waals surface area contributed by atoms with Gasteiger partial charge >= 0.3 is 0 Å². The van der Waals surface area contributed by atoms with Crippen LogP contribution in [0, 0.1) is 5.92 Å². The Morgan fingerprint density at radius 1 is 0.733 bits per heavy atom. The molecule has 1 heteroatoms. The maximum absolute atomic E-state index is 1.60. The van der Waals surface area contributed by atoms with Crippen LogP contribution in [-0.4, -0.2) is 10.8 Å². The first-order valence-electron chi connectivity index (χ1n) is 7.17. The lowest BCUT2D eigenvalue weighted by Gasteiger charge is -2.51. The summed E-state index contributed by atoms with van der Waals surface area (Å²) in [6.07, 6.45) is 17.3. The van der Waals surface area contributed by atoms with E-state index in [4.69, 9.17) is 0 Å². The fourth-order valence-electron chi connectivity index (χ4n) is 4.47. The minimum Gasteiger partial charge on any atom is -0.112 e. The molecule has 2 bridgehead atoms. The molecule has 2 heterocycles. The molecule has 0 radical (unpaired) electrons. The molecule has 3 rings (SSSR count). The van der Waals surface area contributed by atoms with Gasteiger partial charge in [0.2, 0.25) is 0 Å². The van der Waals surface area contributed by atoms with Crippen molar-refractivity contribution in [2.24, 2.45) is 5.92 Å². The largest absolute Gasteiger partial charge is 0.112 e. The third kappa shape index (κ3) is 1.99. The molecule has 1 saturated carbocycles. The Balaban J connectivity index is 1.74. The van der Waals surface area contributed by atoms with E-state index in [0.29, 0.717) is 0 Å². The molecule has 0 amide bonds. The molecule has 2 saturated heterocycles. The summed E-state index contributed by atoms with van der Waals surface area (Å²) in [5, 5.41) is 0.877. The van der Waals surface area contributed by atoms with E-state index < -0.39 is 0 Å². The van der Waals surface area contributed by atoms with Gasteiger partial charge in [-0.25, -0.2) is 0 Å². The van der Waals surface area contributed by atoms with Crippen LogP contribution in [0.4, 0.5) is 0 Å². The fourth-order valence-corrected chi connectivity index (χ4v) is 7.15.